The lowest BCUT2D eigenvalue weighted by Gasteiger charge is -2.22. The van der Waals surface area contributed by atoms with E-state index < -0.39 is 11.5 Å². The highest BCUT2D eigenvalue weighted by Gasteiger charge is 2.28. The minimum atomic E-state index is -0.574. The number of ether oxygens (including phenoxy) is 1. The number of methoxy groups -OCH3 is 1. The Morgan fingerprint density at radius 2 is 1.67 bits per heavy atom. The van der Waals surface area contributed by atoms with Crippen LogP contribution in [0.5, 0.6) is 5.75 Å². The summed E-state index contributed by atoms with van der Waals surface area (Å²) in [6, 6.07) is 24.1. The van der Waals surface area contributed by atoms with Crippen LogP contribution in [0.3, 0.4) is 0 Å². The van der Waals surface area contributed by atoms with E-state index >= 15 is 0 Å². The highest BCUT2D eigenvalue weighted by Crippen LogP contribution is 2.32. The average molecular weight is 481 g/mol. The lowest BCUT2D eigenvalue weighted by molar-refractivity contribution is 0.0882. The molecule has 1 unspecified atom stereocenters. The van der Waals surface area contributed by atoms with Gasteiger partial charge in [0.15, 0.2) is 0 Å². The van der Waals surface area contributed by atoms with Crippen LogP contribution in [0.2, 0.25) is 0 Å². The number of aromatic nitrogens is 1. The number of hydrogen-bond donors (Lipinski definition) is 0. The summed E-state index contributed by atoms with van der Waals surface area (Å²) in [5, 5.41) is 0.678. The van der Waals surface area contributed by atoms with Crippen molar-refractivity contribution in [3.05, 3.63) is 106 Å². The van der Waals surface area contributed by atoms with Crippen molar-refractivity contribution in [2.45, 2.75) is 26.2 Å². The van der Waals surface area contributed by atoms with Gasteiger partial charge in [0.2, 0.25) is 5.91 Å². The van der Waals surface area contributed by atoms with E-state index in [9.17, 15) is 14.4 Å². The van der Waals surface area contributed by atoms with Gasteiger partial charge in [-0.1, -0.05) is 42.5 Å². The molecule has 0 spiro atoms. The summed E-state index contributed by atoms with van der Waals surface area (Å²) in [6.07, 6.45) is 1.74. The summed E-state index contributed by atoms with van der Waals surface area (Å²) >= 11 is 0. The first-order valence-electron chi connectivity index (χ1n) is 12.2. The molecule has 0 bridgehead atoms. The van der Waals surface area contributed by atoms with Crippen LogP contribution in [0.25, 0.3) is 10.9 Å². The maximum absolute atomic E-state index is 13.7. The molecule has 36 heavy (non-hydrogen) atoms. The minimum absolute atomic E-state index is 0.00722. The van der Waals surface area contributed by atoms with Crippen molar-refractivity contribution in [2.24, 2.45) is 5.92 Å². The summed E-state index contributed by atoms with van der Waals surface area (Å²) in [5.41, 5.74) is 3.02. The van der Waals surface area contributed by atoms with Gasteiger partial charge in [-0.25, -0.2) is 4.57 Å². The largest absolute Gasteiger partial charge is 0.497 e. The Labute approximate surface area is 209 Å². The van der Waals surface area contributed by atoms with Crippen molar-refractivity contribution in [1.82, 2.24) is 4.57 Å². The summed E-state index contributed by atoms with van der Waals surface area (Å²) < 4.78 is 6.54. The van der Waals surface area contributed by atoms with E-state index in [4.69, 9.17) is 4.74 Å². The van der Waals surface area contributed by atoms with Crippen LogP contribution in [0.1, 0.15) is 39.6 Å². The second kappa shape index (κ2) is 9.82. The quantitative estimate of drug-likeness (QED) is 0.384. The SMILES string of the molecule is CCN(C(=O)c1cc2ccccc2n(C(=O)CC2Cc3ccc(OC)cc3C2)c1=O)c1ccccc1. The predicted octanol–water partition coefficient (Wildman–Crippen LogP) is 5.12. The number of pyridine rings is 1. The van der Waals surface area contributed by atoms with Crippen LogP contribution < -0.4 is 15.2 Å². The van der Waals surface area contributed by atoms with E-state index in [0.717, 1.165) is 18.6 Å². The second-order valence-corrected chi connectivity index (χ2v) is 9.15. The Bertz CT molecular complexity index is 1510. The summed E-state index contributed by atoms with van der Waals surface area (Å²) in [4.78, 5) is 42.4. The fourth-order valence-corrected chi connectivity index (χ4v) is 5.15. The molecular formula is C30H28N2O4. The third-order valence-electron chi connectivity index (χ3n) is 6.91. The Morgan fingerprint density at radius 1 is 0.944 bits per heavy atom. The number of para-hydroxylation sites is 2. The van der Waals surface area contributed by atoms with Gasteiger partial charge >= 0.3 is 0 Å². The van der Waals surface area contributed by atoms with Gasteiger partial charge < -0.3 is 9.64 Å². The van der Waals surface area contributed by atoms with Crippen molar-refractivity contribution >= 4 is 28.4 Å². The van der Waals surface area contributed by atoms with Gasteiger partial charge in [0.1, 0.15) is 11.3 Å². The first kappa shape index (κ1) is 23.5. The van der Waals surface area contributed by atoms with Crippen molar-refractivity contribution < 1.29 is 14.3 Å². The van der Waals surface area contributed by atoms with Gasteiger partial charge in [0, 0.05) is 18.7 Å². The van der Waals surface area contributed by atoms with Crippen LogP contribution in [0.15, 0.2) is 83.7 Å². The smallest absolute Gasteiger partial charge is 0.270 e. The lowest BCUT2D eigenvalue weighted by atomic mass is 10.0. The molecule has 1 heterocycles. The molecule has 0 saturated carbocycles. The Balaban J connectivity index is 1.50. The summed E-state index contributed by atoms with van der Waals surface area (Å²) in [7, 11) is 1.64. The van der Waals surface area contributed by atoms with Crippen molar-refractivity contribution in [3.8, 4) is 5.75 Å². The van der Waals surface area contributed by atoms with Gasteiger partial charge in [0.25, 0.3) is 11.5 Å². The molecule has 0 fully saturated rings. The molecule has 6 nitrogen and oxygen atoms in total. The van der Waals surface area contributed by atoms with Crippen molar-refractivity contribution in [1.29, 1.82) is 0 Å². The van der Waals surface area contributed by atoms with Crippen LogP contribution in [-0.2, 0) is 12.8 Å². The number of rotatable bonds is 6. The molecule has 3 aromatic carbocycles. The van der Waals surface area contributed by atoms with Gasteiger partial charge in [-0.3, -0.25) is 14.4 Å². The van der Waals surface area contributed by atoms with Crippen molar-refractivity contribution in [2.75, 3.05) is 18.6 Å². The van der Waals surface area contributed by atoms with Gasteiger partial charge in [0.05, 0.1) is 12.6 Å². The fraction of sp³-hybridized carbons (Fsp3) is 0.233. The number of nitrogens with zero attached hydrogens (tertiary/aromatic N) is 2. The molecule has 1 aliphatic carbocycles. The van der Waals surface area contributed by atoms with Gasteiger partial charge in [-0.2, -0.15) is 0 Å². The van der Waals surface area contributed by atoms with E-state index in [0.29, 0.717) is 23.1 Å². The number of hydrogen-bond acceptors (Lipinski definition) is 4. The first-order chi connectivity index (χ1) is 17.5. The molecule has 6 heteroatoms. The maximum Gasteiger partial charge on any atom is 0.270 e. The standard InChI is InChI=1S/C30H28N2O4/c1-3-31(24-10-5-4-6-11-24)29(34)26-19-22-9-7-8-12-27(22)32(30(26)35)28(33)17-20-15-21-13-14-25(36-2)18-23(21)16-20/h4-14,18-20H,3,15-17H2,1-2H3. The highest BCUT2D eigenvalue weighted by atomic mass is 16.5. The average Bonchev–Trinajstić information content (AvgIpc) is 3.30. The van der Waals surface area contributed by atoms with E-state index in [1.54, 1.807) is 30.2 Å². The van der Waals surface area contributed by atoms with Crippen LogP contribution in [0, 0.1) is 5.92 Å². The molecule has 5 rings (SSSR count). The number of benzene rings is 3. The first-order valence-corrected chi connectivity index (χ1v) is 12.2. The zero-order chi connectivity index (χ0) is 25.2. The monoisotopic (exact) mass is 480 g/mol. The van der Waals surface area contributed by atoms with Gasteiger partial charge in [-0.05, 0) is 78.6 Å². The number of carbonyl (C=O) groups is 2. The molecule has 0 aliphatic heterocycles. The van der Waals surface area contributed by atoms with Gasteiger partial charge in [-0.15, -0.1) is 0 Å². The molecule has 0 saturated heterocycles. The second-order valence-electron chi connectivity index (χ2n) is 9.15. The molecule has 182 valence electrons. The minimum Gasteiger partial charge on any atom is -0.497 e. The van der Waals surface area contributed by atoms with Crippen LogP contribution in [-0.4, -0.2) is 30.0 Å². The van der Waals surface area contributed by atoms with E-state index in [1.165, 1.54) is 15.7 Å². The van der Waals surface area contributed by atoms with E-state index in [1.807, 2.05) is 67.6 Å². The molecule has 1 atom stereocenters. The molecule has 0 radical (unpaired) electrons. The molecule has 1 aromatic heterocycles. The number of carbonyl (C=O) groups excluding carboxylic acids is 2. The molecular weight excluding hydrogens is 452 g/mol. The van der Waals surface area contributed by atoms with Crippen LogP contribution in [0.4, 0.5) is 5.69 Å². The van der Waals surface area contributed by atoms with E-state index in [-0.39, 0.29) is 23.8 Å². The Kier molecular flexibility index (Phi) is 6.42. The summed E-state index contributed by atoms with van der Waals surface area (Å²) in [5.74, 6) is 0.175. The molecule has 0 N–H and O–H groups in total. The molecule has 1 aliphatic rings. The van der Waals surface area contributed by atoms with Crippen LogP contribution >= 0.6 is 0 Å². The number of amides is 1. The molecule has 4 aromatic rings. The molecule has 1 amide bonds. The number of fused-ring (bicyclic) bond motifs is 2. The topological polar surface area (TPSA) is 68.6 Å². The Hall–Kier alpha value is -4.19. The Morgan fingerprint density at radius 3 is 2.42 bits per heavy atom. The zero-order valence-electron chi connectivity index (χ0n) is 20.4. The predicted molar refractivity (Wildman–Crippen MR) is 141 cm³/mol. The normalized spacial score (nSPS) is 14.4. The maximum atomic E-state index is 13.7. The third-order valence-corrected chi connectivity index (χ3v) is 6.91. The van der Waals surface area contributed by atoms with Crippen molar-refractivity contribution in [3.63, 3.8) is 0 Å². The lowest BCUT2D eigenvalue weighted by Crippen LogP contribution is -2.38. The highest BCUT2D eigenvalue weighted by molar-refractivity contribution is 6.08. The summed E-state index contributed by atoms with van der Waals surface area (Å²) in [6.45, 7) is 2.26. The van der Waals surface area contributed by atoms with E-state index in [2.05, 4.69) is 0 Å². The third kappa shape index (κ3) is 4.31. The number of anilines is 1. The fourth-order valence-electron chi connectivity index (χ4n) is 5.15. The zero-order valence-corrected chi connectivity index (χ0v) is 20.4.